The second-order valence-corrected chi connectivity index (χ2v) is 7.91. The molecule has 152 valence electrons. The van der Waals surface area contributed by atoms with Gasteiger partial charge in [0, 0.05) is 24.7 Å². The van der Waals surface area contributed by atoms with Gasteiger partial charge in [0.25, 0.3) is 0 Å². The molecule has 2 atom stereocenters. The minimum absolute atomic E-state index is 0.0155. The Labute approximate surface area is 177 Å². The van der Waals surface area contributed by atoms with E-state index in [0.717, 1.165) is 34.2 Å². The minimum Gasteiger partial charge on any atom is -0.372 e. The Hall–Kier alpha value is -3.44. The number of anilines is 1. The highest BCUT2D eigenvalue weighted by atomic mass is 16.1. The third kappa shape index (κ3) is 3.72. The van der Waals surface area contributed by atoms with E-state index in [1.165, 1.54) is 0 Å². The number of aryl methyl sites for hydroxylation is 2. The van der Waals surface area contributed by atoms with Crippen LogP contribution in [0.15, 0.2) is 24.3 Å². The molecule has 1 N–H and O–H groups in total. The number of carbonyl (C=O) groups excluding carboxylic acids is 2. The van der Waals surface area contributed by atoms with E-state index in [1.807, 2.05) is 32.0 Å². The number of benzene rings is 1. The number of nitriles is 1. The number of carbonyl (C=O) groups is 2. The van der Waals surface area contributed by atoms with E-state index in [1.54, 1.807) is 20.0 Å². The summed E-state index contributed by atoms with van der Waals surface area (Å²) in [5, 5.41) is 12.1. The monoisotopic (exact) mass is 399 g/mol. The Morgan fingerprint density at radius 1 is 1.30 bits per heavy atom. The van der Waals surface area contributed by atoms with E-state index in [2.05, 4.69) is 28.2 Å². The molecule has 0 radical (unpaired) electrons. The first kappa shape index (κ1) is 21.3. The molecule has 0 aliphatic heterocycles. The first-order valence-corrected chi connectivity index (χ1v) is 10.0. The number of ketones is 1. The van der Waals surface area contributed by atoms with Gasteiger partial charge in [0.1, 0.15) is 23.6 Å². The molecule has 1 fully saturated rings. The number of nitrogens with zero attached hydrogens (tertiary/aromatic N) is 2. The molecule has 2 aromatic rings. The van der Waals surface area contributed by atoms with Crippen molar-refractivity contribution in [2.24, 2.45) is 5.92 Å². The van der Waals surface area contributed by atoms with Crippen LogP contribution in [0.3, 0.4) is 0 Å². The van der Waals surface area contributed by atoms with Gasteiger partial charge in [-0.1, -0.05) is 5.92 Å². The van der Waals surface area contributed by atoms with E-state index in [4.69, 9.17) is 5.26 Å². The lowest BCUT2D eigenvalue weighted by Gasteiger charge is -2.26. The molecule has 1 aromatic carbocycles. The van der Waals surface area contributed by atoms with Crippen molar-refractivity contribution < 1.29 is 9.59 Å². The molecule has 30 heavy (non-hydrogen) atoms. The Kier molecular flexibility index (Phi) is 6.04. The minimum atomic E-state index is -1.12. The number of nitrogens with one attached hydrogen (secondary N) is 1. The molecule has 2 unspecified atom stereocenters. The van der Waals surface area contributed by atoms with Crippen molar-refractivity contribution >= 4 is 17.9 Å². The number of Topliss-reactive ketones (excluding diaryl/α,β-unsaturated/α-hetero) is 1. The van der Waals surface area contributed by atoms with Gasteiger partial charge in [-0.05, 0) is 80.5 Å². The Bertz CT molecular complexity index is 1090. The second-order valence-electron chi connectivity index (χ2n) is 7.91. The number of hydrogen-bond acceptors (Lipinski definition) is 5. The van der Waals surface area contributed by atoms with Crippen molar-refractivity contribution in [3.8, 4) is 17.9 Å². The second kappa shape index (κ2) is 8.51. The molecule has 1 heterocycles. The van der Waals surface area contributed by atoms with Crippen molar-refractivity contribution in [1.82, 2.24) is 4.98 Å². The molecular weight excluding hydrogens is 374 g/mol. The molecule has 1 aliphatic carbocycles. The molecule has 5 heteroatoms. The quantitative estimate of drug-likeness (QED) is 0.471. The summed E-state index contributed by atoms with van der Waals surface area (Å²) in [6.07, 6.45) is 2.22. The van der Waals surface area contributed by atoms with Crippen LogP contribution < -0.4 is 5.32 Å². The van der Waals surface area contributed by atoms with Crippen LogP contribution in [0, 0.1) is 42.9 Å². The highest BCUT2D eigenvalue weighted by molar-refractivity contribution is 6.06. The van der Waals surface area contributed by atoms with Gasteiger partial charge in [0.15, 0.2) is 5.78 Å². The van der Waals surface area contributed by atoms with Crippen molar-refractivity contribution in [2.45, 2.75) is 45.4 Å². The highest BCUT2D eigenvalue weighted by Crippen LogP contribution is 2.44. The lowest BCUT2D eigenvalue weighted by molar-refractivity contribution is -0.127. The number of pyridine rings is 1. The van der Waals surface area contributed by atoms with Gasteiger partial charge in [-0.25, -0.2) is 4.98 Å². The van der Waals surface area contributed by atoms with E-state index in [0.29, 0.717) is 30.6 Å². The Balaban J connectivity index is 1.94. The fourth-order valence-electron chi connectivity index (χ4n) is 4.72. The largest absolute Gasteiger partial charge is 0.372 e. The molecule has 5 nitrogen and oxygen atoms in total. The number of hydrogen-bond donors (Lipinski definition) is 1. The summed E-state index contributed by atoms with van der Waals surface area (Å²) >= 11 is 0. The van der Waals surface area contributed by atoms with Crippen molar-refractivity contribution in [1.29, 1.82) is 5.26 Å². The van der Waals surface area contributed by atoms with E-state index in [9.17, 15) is 9.59 Å². The average Bonchev–Trinajstić information content (AvgIpc) is 3.03. The molecule has 1 saturated carbocycles. The summed E-state index contributed by atoms with van der Waals surface area (Å²) in [6.45, 7) is 5.67. The third-order valence-electron chi connectivity index (χ3n) is 5.84. The standard InChI is InChI=1S/C25H25N3O2/c1-5-6-18-9-16(2)23(17(3)10-18)25(15-29)13-19(12-22(25)30)11-21-8-7-20(14-26)24(27-4)28-21/h7-10,15,19H,11-13H2,1-4H3,(H,27,28). The van der Waals surface area contributed by atoms with Gasteiger partial charge in [0.05, 0.1) is 5.56 Å². The Morgan fingerprint density at radius 2 is 2.00 bits per heavy atom. The zero-order valence-electron chi connectivity index (χ0n) is 17.8. The smallest absolute Gasteiger partial charge is 0.150 e. The first-order valence-electron chi connectivity index (χ1n) is 10.0. The van der Waals surface area contributed by atoms with Gasteiger partial charge in [0.2, 0.25) is 0 Å². The maximum Gasteiger partial charge on any atom is 0.150 e. The summed E-state index contributed by atoms with van der Waals surface area (Å²) in [5.41, 5.74) is 3.71. The van der Waals surface area contributed by atoms with Crippen LogP contribution >= 0.6 is 0 Å². The van der Waals surface area contributed by atoms with Crippen LogP contribution in [0.5, 0.6) is 0 Å². The number of aromatic nitrogens is 1. The van der Waals surface area contributed by atoms with Gasteiger partial charge in [-0.3, -0.25) is 4.79 Å². The SMILES string of the molecule is CC#Cc1cc(C)c(C2(C=O)CC(Cc3ccc(C#N)c(NC)n3)CC2=O)c(C)c1. The fourth-order valence-corrected chi connectivity index (χ4v) is 4.72. The van der Waals surface area contributed by atoms with Crippen LogP contribution in [0.2, 0.25) is 0 Å². The van der Waals surface area contributed by atoms with E-state index in [-0.39, 0.29) is 11.7 Å². The van der Waals surface area contributed by atoms with Gasteiger partial charge in [-0.15, -0.1) is 5.92 Å². The third-order valence-corrected chi connectivity index (χ3v) is 5.84. The zero-order chi connectivity index (χ0) is 21.9. The molecule has 0 amide bonds. The summed E-state index contributed by atoms with van der Waals surface area (Å²) in [6, 6.07) is 9.56. The van der Waals surface area contributed by atoms with Gasteiger partial charge in [-0.2, -0.15) is 5.26 Å². The van der Waals surface area contributed by atoms with Gasteiger partial charge < -0.3 is 10.1 Å². The molecule has 1 aromatic heterocycles. The predicted molar refractivity (Wildman–Crippen MR) is 116 cm³/mol. The van der Waals surface area contributed by atoms with Crippen molar-refractivity contribution in [2.75, 3.05) is 12.4 Å². The summed E-state index contributed by atoms with van der Waals surface area (Å²) in [7, 11) is 1.72. The molecule has 0 spiro atoms. The molecule has 0 bridgehead atoms. The molecule has 0 saturated heterocycles. The highest BCUT2D eigenvalue weighted by Gasteiger charge is 2.49. The van der Waals surface area contributed by atoms with Crippen LogP contribution in [-0.2, 0) is 21.4 Å². The van der Waals surface area contributed by atoms with E-state index < -0.39 is 5.41 Å². The van der Waals surface area contributed by atoms with Crippen LogP contribution in [0.1, 0.15) is 53.3 Å². The maximum absolute atomic E-state index is 13.1. The average molecular weight is 399 g/mol. The number of aldehydes is 1. The van der Waals surface area contributed by atoms with Crippen molar-refractivity contribution in [3.63, 3.8) is 0 Å². The fraction of sp³-hybridized carbons (Fsp3) is 0.360. The predicted octanol–water partition coefficient (Wildman–Crippen LogP) is 3.64. The first-order chi connectivity index (χ1) is 14.4. The molecule has 1 aliphatic rings. The molecule has 3 rings (SSSR count). The van der Waals surface area contributed by atoms with Gasteiger partial charge >= 0.3 is 0 Å². The zero-order valence-corrected chi connectivity index (χ0v) is 17.8. The number of rotatable bonds is 5. The van der Waals surface area contributed by atoms with Crippen LogP contribution in [0.25, 0.3) is 0 Å². The van der Waals surface area contributed by atoms with E-state index >= 15 is 0 Å². The maximum atomic E-state index is 13.1. The summed E-state index contributed by atoms with van der Waals surface area (Å²) in [4.78, 5) is 30.0. The summed E-state index contributed by atoms with van der Waals surface area (Å²) in [5.74, 6) is 6.45. The van der Waals surface area contributed by atoms with Crippen LogP contribution in [-0.4, -0.2) is 24.1 Å². The van der Waals surface area contributed by atoms with Crippen molar-refractivity contribution in [3.05, 3.63) is 57.8 Å². The summed E-state index contributed by atoms with van der Waals surface area (Å²) < 4.78 is 0. The normalized spacial score (nSPS) is 20.2. The molecular formula is C25H25N3O2. The lowest BCUT2D eigenvalue weighted by atomic mass is 9.74. The van der Waals surface area contributed by atoms with Crippen LogP contribution in [0.4, 0.5) is 5.82 Å². The topological polar surface area (TPSA) is 82.8 Å². The Morgan fingerprint density at radius 3 is 2.57 bits per heavy atom. The lowest BCUT2D eigenvalue weighted by Crippen LogP contribution is -2.34.